The van der Waals surface area contributed by atoms with Gasteiger partial charge in [-0.3, -0.25) is 4.79 Å². The molecule has 0 fully saturated rings. The predicted octanol–water partition coefficient (Wildman–Crippen LogP) is 2.96. The quantitative estimate of drug-likeness (QED) is 0.423. The van der Waals surface area contributed by atoms with Crippen molar-refractivity contribution in [3.63, 3.8) is 0 Å². The van der Waals surface area contributed by atoms with Crippen LogP contribution < -0.4 is 31.6 Å². The first-order chi connectivity index (χ1) is 14.3. The highest BCUT2D eigenvalue weighted by atomic mass is 32.2. The summed E-state index contributed by atoms with van der Waals surface area (Å²) in [4.78, 5) is 16.2. The Labute approximate surface area is 179 Å². The number of carbonyl (C=O) groups is 1. The molecule has 1 amide bonds. The summed E-state index contributed by atoms with van der Waals surface area (Å²) in [6, 6.07) is 5.72. The van der Waals surface area contributed by atoms with Crippen molar-refractivity contribution in [1.82, 2.24) is 4.98 Å². The normalized spacial score (nSPS) is 12.7. The van der Waals surface area contributed by atoms with E-state index >= 15 is 0 Å². The van der Waals surface area contributed by atoms with Gasteiger partial charge in [-0.25, -0.2) is 9.37 Å². The van der Waals surface area contributed by atoms with Gasteiger partial charge in [-0.2, -0.15) is 11.8 Å². The number of methoxy groups -OCH3 is 2. The average molecular weight is 438 g/mol. The first-order valence-electron chi connectivity index (χ1n) is 9.30. The van der Waals surface area contributed by atoms with E-state index in [1.54, 1.807) is 30.0 Å². The molecule has 0 unspecified atom stereocenters. The number of rotatable bonds is 11. The number of nitrogens with zero attached hydrogens (tertiary/aromatic N) is 1. The molecule has 0 radical (unpaired) electrons. The fraction of sp³-hybridized carbons (Fsp3) is 0.400. The van der Waals surface area contributed by atoms with Crippen LogP contribution in [-0.4, -0.2) is 49.2 Å². The number of carbonyl (C=O) groups excluding carboxylic acids is 1. The van der Waals surface area contributed by atoms with Crippen LogP contribution in [0.3, 0.4) is 0 Å². The van der Waals surface area contributed by atoms with Gasteiger partial charge in [-0.1, -0.05) is 0 Å². The van der Waals surface area contributed by atoms with E-state index in [0.717, 1.165) is 18.2 Å². The van der Waals surface area contributed by atoms with Gasteiger partial charge in [0.25, 0.3) is 5.91 Å². The van der Waals surface area contributed by atoms with Gasteiger partial charge in [-0.15, -0.1) is 0 Å². The number of benzene rings is 1. The lowest BCUT2D eigenvalue weighted by Crippen LogP contribution is -2.39. The van der Waals surface area contributed by atoms with Crippen LogP contribution in [0.5, 0.6) is 11.5 Å². The van der Waals surface area contributed by atoms with Gasteiger partial charge in [0.2, 0.25) is 0 Å². The standard InChI is InChI=1S/C20H28FN5O3S/c1-11(22)17(5-6-30-4)25-20-16(21)10-15(18(23)27)19(26-20)24-12-7-13(28-2)9-14(8-12)29-3/h7-11,17H,5-6,22H2,1-4H3,(H2,23,27)(H2,24,25,26)/t11-,17+/m0/s1. The number of ether oxygens (including phenoxy) is 2. The predicted molar refractivity (Wildman–Crippen MR) is 120 cm³/mol. The maximum Gasteiger partial charge on any atom is 0.252 e. The Bertz CT molecular complexity index is 860. The molecule has 2 rings (SSSR count). The minimum atomic E-state index is -0.809. The lowest BCUT2D eigenvalue weighted by molar-refractivity contribution is 0.100. The monoisotopic (exact) mass is 437 g/mol. The van der Waals surface area contributed by atoms with Crippen LogP contribution in [0.4, 0.5) is 21.7 Å². The SMILES string of the molecule is COc1cc(Nc2nc(N[C@H](CCSC)[C@H](C)N)c(F)cc2C(N)=O)cc(OC)c1. The Morgan fingerprint density at radius 1 is 1.20 bits per heavy atom. The maximum absolute atomic E-state index is 14.7. The summed E-state index contributed by atoms with van der Waals surface area (Å²) < 4.78 is 25.2. The second-order valence-corrected chi connectivity index (χ2v) is 7.68. The summed E-state index contributed by atoms with van der Waals surface area (Å²) >= 11 is 1.67. The van der Waals surface area contributed by atoms with Crippen LogP contribution in [0.1, 0.15) is 23.7 Å². The number of hydrogen-bond donors (Lipinski definition) is 4. The van der Waals surface area contributed by atoms with Crippen LogP contribution in [0.15, 0.2) is 24.3 Å². The van der Waals surface area contributed by atoms with Gasteiger partial charge >= 0.3 is 0 Å². The van der Waals surface area contributed by atoms with Crippen molar-refractivity contribution in [2.75, 3.05) is 36.9 Å². The molecule has 0 saturated heterocycles. The summed E-state index contributed by atoms with van der Waals surface area (Å²) in [5, 5.41) is 6.06. The van der Waals surface area contributed by atoms with Crippen molar-refractivity contribution < 1.29 is 18.7 Å². The molecule has 1 aromatic carbocycles. The third-order valence-corrected chi connectivity index (χ3v) is 5.09. The Hall–Kier alpha value is -2.72. The zero-order chi connectivity index (χ0) is 22.3. The Balaban J connectivity index is 2.43. The second kappa shape index (κ2) is 10.9. The highest BCUT2D eigenvalue weighted by Gasteiger charge is 2.20. The van der Waals surface area contributed by atoms with Gasteiger partial charge in [0.1, 0.15) is 17.3 Å². The minimum Gasteiger partial charge on any atom is -0.497 e. The van der Waals surface area contributed by atoms with E-state index in [4.69, 9.17) is 20.9 Å². The van der Waals surface area contributed by atoms with Crippen molar-refractivity contribution in [3.05, 3.63) is 35.6 Å². The molecule has 164 valence electrons. The molecule has 1 heterocycles. The summed E-state index contributed by atoms with van der Waals surface area (Å²) in [6.07, 6.45) is 2.72. The van der Waals surface area contributed by atoms with Crippen molar-refractivity contribution in [2.45, 2.75) is 25.4 Å². The Kier molecular flexibility index (Phi) is 8.55. The van der Waals surface area contributed by atoms with Crippen LogP contribution in [0, 0.1) is 5.82 Å². The molecule has 0 bridgehead atoms. The smallest absolute Gasteiger partial charge is 0.252 e. The molecule has 10 heteroatoms. The van der Waals surface area contributed by atoms with E-state index in [0.29, 0.717) is 17.2 Å². The molecule has 0 aliphatic carbocycles. The highest BCUT2D eigenvalue weighted by molar-refractivity contribution is 7.98. The number of anilines is 3. The van der Waals surface area contributed by atoms with Crippen molar-refractivity contribution in [1.29, 1.82) is 0 Å². The summed E-state index contributed by atoms with van der Waals surface area (Å²) in [6.45, 7) is 1.84. The second-order valence-electron chi connectivity index (χ2n) is 6.70. The maximum atomic E-state index is 14.7. The number of hydrogen-bond acceptors (Lipinski definition) is 8. The van der Waals surface area contributed by atoms with E-state index in [1.807, 2.05) is 13.2 Å². The number of primary amides is 1. The van der Waals surface area contributed by atoms with Gasteiger partial charge in [0.15, 0.2) is 11.6 Å². The molecular weight excluding hydrogens is 409 g/mol. The number of nitrogens with two attached hydrogens (primary N) is 2. The van der Waals surface area contributed by atoms with Gasteiger partial charge in [0, 0.05) is 36.0 Å². The summed E-state index contributed by atoms with van der Waals surface area (Å²) in [5.74, 6) is 0.521. The molecule has 8 nitrogen and oxygen atoms in total. The zero-order valence-electron chi connectivity index (χ0n) is 17.5. The van der Waals surface area contributed by atoms with Crippen LogP contribution >= 0.6 is 11.8 Å². The zero-order valence-corrected chi connectivity index (χ0v) is 18.3. The number of nitrogens with one attached hydrogen (secondary N) is 2. The molecular formula is C20H28FN5O3S. The van der Waals surface area contributed by atoms with E-state index in [-0.39, 0.29) is 29.3 Å². The summed E-state index contributed by atoms with van der Waals surface area (Å²) in [5.41, 5.74) is 11.9. The molecule has 30 heavy (non-hydrogen) atoms. The Morgan fingerprint density at radius 2 is 1.83 bits per heavy atom. The minimum absolute atomic E-state index is 0.0132. The van der Waals surface area contributed by atoms with Crippen molar-refractivity contribution in [3.8, 4) is 11.5 Å². The van der Waals surface area contributed by atoms with E-state index in [9.17, 15) is 9.18 Å². The number of halogens is 1. The van der Waals surface area contributed by atoms with E-state index in [2.05, 4.69) is 15.6 Å². The van der Waals surface area contributed by atoms with Gasteiger partial charge in [-0.05, 0) is 31.4 Å². The number of pyridine rings is 1. The lowest BCUT2D eigenvalue weighted by atomic mass is 10.1. The molecule has 6 N–H and O–H groups in total. The molecule has 2 aromatic rings. The van der Waals surface area contributed by atoms with Gasteiger partial charge in [0.05, 0.1) is 19.8 Å². The van der Waals surface area contributed by atoms with Crippen molar-refractivity contribution in [2.24, 2.45) is 11.5 Å². The van der Waals surface area contributed by atoms with Gasteiger partial charge < -0.3 is 31.6 Å². The number of amides is 1. The first kappa shape index (κ1) is 23.6. The van der Waals surface area contributed by atoms with Crippen LogP contribution in [-0.2, 0) is 0 Å². The third kappa shape index (κ3) is 6.14. The largest absolute Gasteiger partial charge is 0.497 e. The fourth-order valence-electron chi connectivity index (χ4n) is 2.78. The molecule has 0 aliphatic heterocycles. The highest BCUT2D eigenvalue weighted by Crippen LogP contribution is 2.30. The fourth-order valence-corrected chi connectivity index (χ4v) is 3.27. The third-order valence-electron chi connectivity index (χ3n) is 4.45. The molecule has 0 spiro atoms. The molecule has 2 atom stereocenters. The Morgan fingerprint density at radius 3 is 2.33 bits per heavy atom. The number of aromatic nitrogens is 1. The van der Waals surface area contributed by atoms with Crippen molar-refractivity contribution >= 4 is 35.0 Å². The number of thioether (sulfide) groups is 1. The topological polar surface area (TPSA) is 125 Å². The van der Waals surface area contributed by atoms with Crippen LogP contribution in [0.2, 0.25) is 0 Å². The molecule has 0 saturated carbocycles. The van der Waals surface area contributed by atoms with E-state index < -0.39 is 11.7 Å². The summed E-state index contributed by atoms with van der Waals surface area (Å²) in [7, 11) is 3.04. The molecule has 1 aromatic heterocycles. The first-order valence-corrected chi connectivity index (χ1v) is 10.7. The van der Waals surface area contributed by atoms with E-state index in [1.165, 1.54) is 14.2 Å². The lowest BCUT2D eigenvalue weighted by Gasteiger charge is -2.23. The van der Waals surface area contributed by atoms with Crippen LogP contribution in [0.25, 0.3) is 0 Å². The average Bonchev–Trinajstić information content (AvgIpc) is 2.72. The molecule has 0 aliphatic rings.